The zero-order valence-corrected chi connectivity index (χ0v) is 14.5. The van der Waals surface area contributed by atoms with Gasteiger partial charge in [-0.25, -0.2) is 8.78 Å². The van der Waals surface area contributed by atoms with Crippen LogP contribution >= 0.6 is 0 Å². The van der Waals surface area contributed by atoms with Crippen LogP contribution < -0.4 is 5.32 Å². The summed E-state index contributed by atoms with van der Waals surface area (Å²) in [7, 11) is 0. The van der Waals surface area contributed by atoms with Crippen molar-refractivity contribution in [2.75, 3.05) is 18.4 Å². The molecule has 1 aliphatic rings. The predicted molar refractivity (Wildman–Crippen MR) is 95.1 cm³/mol. The molecule has 0 bridgehead atoms. The van der Waals surface area contributed by atoms with E-state index in [0.717, 1.165) is 38.1 Å². The number of piperidine rings is 1. The highest BCUT2D eigenvalue weighted by atomic mass is 19.2. The lowest BCUT2D eigenvalue weighted by Crippen LogP contribution is -2.37. The number of amides is 2. The van der Waals surface area contributed by atoms with Gasteiger partial charge in [-0.1, -0.05) is 6.92 Å². The molecule has 6 heteroatoms. The lowest BCUT2D eigenvalue weighted by atomic mass is 9.98. The Morgan fingerprint density at radius 3 is 2.19 bits per heavy atom. The number of nitrogens with one attached hydrogen (secondary N) is 1. The summed E-state index contributed by atoms with van der Waals surface area (Å²) in [6.07, 6.45) is 2.00. The largest absolute Gasteiger partial charge is 0.339 e. The van der Waals surface area contributed by atoms with Crippen molar-refractivity contribution in [3.8, 4) is 0 Å². The number of hydrogen-bond acceptors (Lipinski definition) is 2. The lowest BCUT2D eigenvalue weighted by molar-refractivity contribution is 0.0697. The van der Waals surface area contributed by atoms with Gasteiger partial charge in [-0.3, -0.25) is 9.59 Å². The SMILES string of the molecule is CC1CCN(C(=O)c2ccc(C(=O)Nc3ccc(F)c(F)c3)cc2)CC1. The highest BCUT2D eigenvalue weighted by molar-refractivity contribution is 6.05. The maximum absolute atomic E-state index is 13.2. The summed E-state index contributed by atoms with van der Waals surface area (Å²) in [6, 6.07) is 9.48. The minimum Gasteiger partial charge on any atom is -0.339 e. The van der Waals surface area contributed by atoms with Crippen molar-refractivity contribution >= 4 is 17.5 Å². The summed E-state index contributed by atoms with van der Waals surface area (Å²) in [5.41, 5.74) is 1.03. The van der Waals surface area contributed by atoms with E-state index < -0.39 is 17.5 Å². The first-order chi connectivity index (χ1) is 12.4. The molecule has 26 heavy (non-hydrogen) atoms. The Morgan fingerprint density at radius 1 is 0.962 bits per heavy atom. The zero-order valence-electron chi connectivity index (χ0n) is 14.5. The standard InChI is InChI=1S/C20H20F2N2O2/c1-13-8-10-24(11-9-13)20(26)15-4-2-14(3-5-15)19(25)23-16-6-7-17(21)18(22)12-16/h2-7,12-13H,8-11H2,1H3,(H,23,25). The maximum atomic E-state index is 13.2. The van der Waals surface area contributed by atoms with Crippen LogP contribution in [-0.4, -0.2) is 29.8 Å². The second-order valence-electron chi connectivity index (χ2n) is 6.64. The summed E-state index contributed by atoms with van der Waals surface area (Å²) in [5.74, 6) is -1.86. The van der Waals surface area contributed by atoms with E-state index >= 15 is 0 Å². The molecular formula is C20H20F2N2O2. The third kappa shape index (κ3) is 4.07. The molecule has 0 unspecified atom stereocenters. The number of benzene rings is 2. The number of nitrogens with zero attached hydrogens (tertiary/aromatic N) is 1. The van der Waals surface area contributed by atoms with Crippen molar-refractivity contribution in [1.29, 1.82) is 0 Å². The van der Waals surface area contributed by atoms with Gasteiger partial charge in [0.25, 0.3) is 11.8 Å². The van der Waals surface area contributed by atoms with Gasteiger partial charge in [-0.05, 0) is 55.2 Å². The van der Waals surface area contributed by atoms with Gasteiger partial charge in [-0.15, -0.1) is 0 Å². The molecule has 4 nitrogen and oxygen atoms in total. The number of likely N-dealkylation sites (tertiary alicyclic amines) is 1. The van der Waals surface area contributed by atoms with E-state index in [-0.39, 0.29) is 11.6 Å². The van der Waals surface area contributed by atoms with Crippen LogP contribution in [0.1, 0.15) is 40.5 Å². The smallest absolute Gasteiger partial charge is 0.255 e. The molecule has 2 aromatic carbocycles. The van der Waals surface area contributed by atoms with Gasteiger partial charge < -0.3 is 10.2 Å². The van der Waals surface area contributed by atoms with E-state index in [4.69, 9.17) is 0 Å². The number of anilines is 1. The minimum atomic E-state index is -1.03. The Morgan fingerprint density at radius 2 is 1.58 bits per heavy atom. The molecule has 2 aromatic rings. The van der Waals surface area contributed by atoms with Gasteiger partial charge in [0.15, 0.2) is 11.6 Å². The van der Waals surface area contributed by atoms with Gasteiger partial charge in [0.2, 0.25) is 0 Å². The van der Waals surface area contributed by atoms with Crippen LogP contribution in [0.2, 0.25) is 0 Å². The Kier molecular flexibility index (Phi) is 5.30. The van der Waals surface area contributed by atoms with E-state index in [2.05, 4.69) is 12.2 Å². The Balaban J connectivity index is 1.65. The van der Waals surface area contributed by atoms with Gasteiger partial charge in [-0.2, -0.15) is 0 Å². The van der Waals surface area contributed by atoms with E-state index in [1.807, 2.05) is 4.90 Å². The molecule has 0 spiro atoms. The van der Waals surface area contributed by atoms with Crippen LogP contribution in [0.25, 0.3) is 0 Å². The second-order valence-corrected chi connectivity index (χ2v) is 6.64. The zero-order chi connectivity index (χ0) is 18.7. The first-order valence-electron chi connectivity index (χ1n) is 8.60. The van der Waals surface area contributed by atoms with Gasteiger partial charge >= 0.3 is 0 Å². The van der Waals surface area contributed by atoms with Crippen molar-refractivity contribution in [1.82, 2.24) is 4.90 Å². The highest BCUT2D eigenvalue weighted by Gasteiger charge is 2.21. The molecule has 0 aromatic heterocycles. The average Bonchev–Trinajstić information content (AvgIpc) is 2.65. The Bertz CT molecular complexity index is 813. The summed E-state index contributed by atoms with van der Waals surface area (Å²) in [5, 5.41) is 2.50. The minimum absolute atomic E-state index is 0.0375. The second kappa shape index (κ2) is 7.64. The number of rotatable bonds is 3. The highest BCUT2D eigenvalue weighted by Crippen LogP contribution is 2.19. The molecule has 1 aliphatic heterocycles. The number of carbonyl (C=O) groups excluding carboxylic acids is 2. The summed E-state index contributed by atoms with van der Waals surface area (Å²) in [4.78, 5) is 26.5. The molecule has 1 fully saturated rings. The summed E-state index contributed by atoms with van der Waals surface area (Å²) >= 11 is 0. The fourth-order valence-corrected chi connectivity index (χ4v) is 2.94. The fourth-order valence-electron chi connectivity index (χ4n) is 2.94. The maximum Gasteiger partial charge on any atom is 0.255 e. The summed E-state index contributed by atoms with van der Waals surface area (Å²) in [6.45, 7) is 3.68. The molecule has 0 atom stereocenters. The van der Waals surface area contributed by atoms with Crippen molar-refractivity contribution in [3.63, 3.8) is 0 Å². The van der Waals surface area contributed by atoms with E-state index in [0.29, 0.717) is 17.0 Å². The average molecular weight is 358 g/mol. The molecule has 136 valence electrons. The first kappa shape index (κ1) is 18.0. The van der Waals surface area contributed by atoms with Crippen molar-refractivity contribution in [2.24, 2.45) is 5.92 Å². The molecule has 3 rings (SSSR count). The van der Waals surface area contributed by atoms with Crippen LogP contribution in [0.4, 0.5) is 14.5 Å². The van der Waals surface area contributed by atoms with Gasteiger partial charge in [0.05, 0.1) is 0 Å². The van der Waals surface area contributed by atoms with Crippen molar-refractivity contribution in [2.45, 2.75) is 19.8 Å². The Labute approximate surface area is 150 Å². The Hall–Kier alpha value is -2.76. The molecule has 1 heterocycles. The third-order valence-electron chi connectivity index (χ3n) is 4.64. The quantitative estimate of drug-likeness (QED) is 0.898. The monoisotopic (exact) mass is 358 g/mol. The molecule has 0 radical (unpaired) electrons. The molecule has 1 saturated heterocycles. The molecular weight excluding hydrogens is 338 g/mol. The number of carbonyl (C=O) groups is 2. The van der Waals surface area contributed by atoms with Crippen molar-refractivity contribution in [3.05, 3.63) is 65.2 Å². The molecule has 0 aliphatic carbocycles. The van der Waals surface area contributed by atoms with E-state index in [9.17, 15) is 18.4 Å². The van der Waals surface area contributed by atoms with Crippen LogP contribution in [0.5, 0.6) is 0 Å². The number of hydrogen-bond donors (Lipinski definition) is 1. The van der Waals surface area contributed by atoms with E-state index in [1.165, 1.54) is 6.07 Å². The van der Waals surface area contributed by atoms with Gasteiger partial charge in [0, 0.05) is 36.0 Å². The fraction of sp³-hybridized carbons (Fsp3) is 0.300. The molecule has 1 N–H and O–H groups in total. The lowest BCUT2D eigenvalue weighted by Gasteiger charge is -2.30. The van der Waals surface area contributed by atoms with Crippen LogP contribution in [0.15, 0.2) is 42.5 Å². The first-order valence-corrected chi connectivity index (χ1v) is 8.60. The topological polar surface area (TPSA) is 49.4 Å². The van der Waals surface area contributed by atoms with Crippen molar-refractivity contribution < 1.29 is 18.4 Å². The van der Waals surface area contributed by atoms with Crippen LogP contribution in [0, 0.1) is 17.6 Å². The predicted octanol–water partition coefficient (Wildman–Crippen LogP) is 4.09. The normalized spacial score (nSPS) is 15.0. The molecule has 2 amide bonds. The van der Waals surface area contributed by atoms with E-state index in [1.54, 1.807) is 24.3 Å². The number of halogens is 2. The molecule has 0 saturated carbocycles. The summed E-state index contributed by atoms with van der Waals surface area (Å²) < 4.78 is 26.1. The van der Waals surface area contributed by atoms with Gasteiger partial charge in [0.1, 0.15) is 0 Å². The van der Waals surface area contributed by atoms with Crippen LogP contribution in [-0.2, 0) is 0 Å². The van der Waals surface area contributed by atoms with Crippen LogP contribution in [0.3, 0.4) is 0 Å². The third-order valence-corrected chi connectivity index (χ3v) is 4.64.